The van der Waals surface area contributed by atoms with Crippen LogP contribution in [0.3, 0.4) is 0 Å². The molecular weight excluding hydrogens is 252 g/mol. The Bertz CT molecular complexity index is 636. The second-order valence-corrected chi connectivity index (χ2v) is 5.13. The van der Waals surface area contributed by atoms with E-state index >= 15 is 0 Å². The second kappa shape index (κ2) is 5.96. The average molecular weight is 272 g/mol. The minimum atomic E-state index is 0.113. The first-order valence-electron chi connectivity index (χ1n) is 6.64. The van der Waals surface area contributed by atoms with Crippen LogP contribution in [-0.2, 0) is 6.54 Å². The standard InChI is InChI=1S/C15H20N4O/c1-10-7-17-14(11(2)15(10)20)8-19(4)12(3)13-5-6-16-9-18-13/h5-7,9,12H,8H2,1-4H3,(H,17,20). The molecule has 2 aromatic rings. The quantitative estimate of drug-likeness (QED) is 0.924. The Morgan fingerprint density at radius 1 is 1.40 bits per heavy atom. The number of rotatable bonds is 4. The number of nitrogens with zero attached hydrogens (tertiary/aromatic N) is 3. The summed E-state index contributed by atoms with van der Waals surface area (Å²) in [7, 11) is 2.02. The van der Waals surface area contributed by atoms with Gasteiger partial charge in [0, 0.05) is 41.8 Å². The number of aryl methyl sites for hydroxylation is 1. The van der Waals surface area contributed by atoms with Crippen molar-refractivity contribution < 1.29 is 0 Å². The van der Waals surface area contributed by atoms with Crippen molar-refractivity contribution in [3.05, 3.63) is 57.5 Å². The number of nitrogens with one attached hydrogen (secondary N) is 1. The number of pyridine rings is 1. The van der Waals surface area contributed by atoms with Gasteiger partial charge in [0.2, 0.25) is 0 Å². The molecule has 0 aliphatic heterocycles. The van der Waals surface area contributed by atoms with E-state index in [4.69, 9.17) is 0 Å². The van der Waals surface area contributed by atoms with Crippen LogP contribution in [0.1, 0.15) is 35.5 Å². The van der Waals surface area contributed by atoms with E-state index < -0.39 is 0 Å². The number of hydrogen-bond donors (Lipinski definition) is 1. The maximum absolute atomic E-state index is 12.0. The fourth-order valence-corrected chi connectivity index (χ4v) is 2.13. The van der Waals surface area contributed by atoms with E-state index in [1.165, 1.54) is 0 Å². The summed E-state index contributed by atoms with van der Waals surface area (Å²) in [5, 5.41) is 0. The molecule has 0 fully saturated rings. The van der Waals surface area contributed by atoms with Gasteiger partial charge in [-0.3, -0.25) is 9.69 Å². The minimum absolute atomic E-state index is 0.113. The molecule has 5 heteroatoms. The highest BCUT2D eigenvalue weighted by Crippen LogP contribution is 2.18. The molecule has 0 bridgehead atoms. The summed E-state index contributed by atoms with van der Waals surface area (Å²) in [5.41, 5.74) is 3.56. The van der Waals surface area contributed by atoms with Gasteiger partial charge >= 0.3 is 0 Å². The zero-order valence-electron chi connectivity index (χ0n) is 12.3. The molecule has 0 aliphatic rings. The van der Waals surface area contributed by atoms with Crippen molar-refractivity contribution in [2.24, 2.45) is 0 Å². The van der Waals surface area contributed by atoms with Crippen molar-refractivity contribution in [2.75, 3.05) is 7.05 Å². The summed E-state index contributed by atoms with van der Waals surface area (Å²) in [6.45, 7) is 6.45. The Morgan fingerprint density at radius 3 is 2.80 bits per heavy atom. The van der Waals surface area contributed by atoms with Gasteiger partial charge in [0.05, 0.1) is 5.69 Å². The Balaban J connectivity index is 2.18. The molecule has 1 unspecified atom stereocenters. The minimum Gasteiger partial charge on any atom is -0.363 e. The van der Waals surface area contributed by atoms with Gasteiger partial charge in [-0.1, -0.05) is 0 Å². The molecular formula is C15H20N4O. The summed E-state index contributed by atoms with van der Waals surface area (Å²) in [6.07, 6.45) is 5.07. The maximum atomic E-state index is 12.0. The van der Waals surface area contributed by atoms with Gasteiger partial charge in [-0.05, 0) is 33.9 Å². The fraction of sp³-hybridized carbons (Fsp3) is 0.400. The van der Waals surface area contributed by atoms with E-state index in [1.54, 1.807) is 18.7 Å². The van der Waals surface area contributed by atoms with Crippen LogP contribution < -0.4 is 5.43 Å². The van der Waals surface area contributed by atoms with Gasteiger partial charge in [0.25, 0.3) is 0 Å². The zero-order valence-corrected chi connectivity index (χ0v) is 12.3. The highest BCUT2D eigenvalue weighted by atomic mass is 16.1. The van der Waals surface area contributed by atoms with E-state index in [2.05, 4.69) is 26.8 Å². The first-order valence-corrected chi connectivity index (χ1v) is 6.64. The lowest BCUT2D eigenvalue weighted by Crippen LogP contribution is -2.25. The van der Waals surface area contributed by atoms with Crippen molar-refractivity contribution in [1.82, 2.24) is 19.9 Å². The molecule has 0 radical (unpaired) electrons. The second-order valence-electron chi connectivity index (χ2n) is 5.13. The lowest BCUT2D eigenvalue weighted by molar-refractivity contribution is 0.245. The summed E-state index contributed by atoms with van der Waals surface area (Å²) >= 11 is 0. The molecule has 1 N–H and O–H groups in total. The predicted octanol–water partition coefficient (Wildman–Crippen LogP) is 1.97. The monoisotopic (exact) mass is 272 g/mol. The zero-order chi connectivity index (χ0) is 14.7. The van der Waals surface area contributed by atoms with Crippen LogP contribution in [0, 0.1) is 13.8 Å². The molecule has 2 aromatic heterocycles. The van der Waals surface area contributed by atoms with Gasteiger partial charge in [0.15, 0.2) is 5.43 Å². The number of H-pyrrole nitrogens is 1. The van der Waals surface area contributed by atoms with Gasteiger partial charge in [-0.2, -0.15) is 0 Å². The van der Waals surface area contributed by atoms with Gasteiger partial charge in [0.1, 0.15) is 6.33 Å². The highest BCUT2D eigenvalue weighted by Gasteiger charge is 2.15. The summed E-state index contributed by atoms with van der Waals surface area (Å²) in [4.78, 5) is 25.5. The number of hydrogen-bond acceptors (Lipinski definition) is 4. The van der Waals surface area contributed by atoms with Crippen molar-refractivity contribution in [2.45, 2.75) is 33.4 Å². The van der Waals surface area contributed by atoms with Crippen LogP contribution >= 0.6 is 0 Å². The molecule has 0 spiro atoms. The summed E-state index contributed by atoms with van der Waals surface area (Å²) in [5.74, 6) is 0. The highest BCUT2D eigenvalue weighted by molar-refractivity contribution is 5.23. The third-order valence-electron chi connectivity index (χ3n) is 3.72. The van der Waals surface area contributed by atoms with E-state index in [9.17, 15) is 4.79 Å². The van der Waals surface area contributed by atoms with Gasteiger partial charge in [-0.15, -0.1) is 0 Å². The molecule has 0 amide bonds. The Kier molecular flexibility index (Phi) is 4.29. The molecule has 2 rings (SSSR count). The Hall–Kier alpha value is -2.01. The molecule has 0 saturated carbocycles. The molecule has 106 valence electrons. The van der Waals surface area contributed by atoms with Gasteiger partial charge < -0.3 is 4.98 Å². The molecule has 0 aromatic carbocycles. The molecule has 1 atom stereocenters. The Morgan fingerprint density at radius 2 is 2.15 bits per heavy atom. The Labute approximate surface area is 118 Å². The molecule has 5 nitrogen and oxygen atoms in total. The normalized spacial score (nSPS) is 12.7. The SMILES string of the molecule is Cc1c[nH]c(CN(C)C(C)c2ccncn2)c(C)c1=O. The first kappa shape index (κ1) is 14.4. The van der Waals surface area contributed by atoms with E-state index in [0.29, 0.717) is 6.54 Å². The van der Waals surface area contributed by atoms with Crippen LogP contribution in [-0.4, -0.2) is 26.9 Å². The van der Waals surface area contributed by atoms with Crippen molar-refractivity contribution >= 4 is 0 Å². The number of aromatic amines is 1. The van der Waals surface area contributed by atoms with E-state index in [0.717, 1.165) is 22.5 Å². The number of aromatic nitrogens is 3. The van der Waals surface area contributed by atoms with Crippen molar-refractivity contribution in [3.8, 4) is 0 Å². The summed E-state index contributed by atoms with van der Waals surface area (Å²) < 4.78 is 0. The largest absolute Gasteiger partial charge is 0.363 e. The predicted molar refractivity (Wildman–Crippen MR) is 78.5 cm³/mol. The third kappa shape index (κ3) is 2.93. The lowest BCUT2D eigenvalue weighted by atomic mass is 10.1. The van der Waals surface area contributed by atoms with E-state index in [1.807, 2.05) is 27.0 Å². The van der Waals surface area contributed by atoms with Crippen LogP contribution in [0.4, 0.5) is 0 Å². The molecule has 0 saturated heterocycles. The van der Waals surface area contributed by atoms with Crippen molar-refractivity contribution in [3.63, 3.8) is 0 Å². The summed E-state index contributed by atoms with van der Waals surface area (Å²) in [6, 6.07) is 2.06. The third-order valence-corrected chi connectivity index (χ3v) is 3.72. The van der Waals surface area contributed by atoms with Crippen LogP contribution in [0.15, 0.2) is 29.6 Å². The van der Waals surface area contributed by atoms with E-state index in [-0.39, 0.29) is 11.5 Å². The topological polar surface area (TPSA) is 61.9 Å². The van der Waals surface area contributed by atoms with Crippen LogP contribution in [0.25, 0.3) is 0 Å². The average Bonchev–Trinajstić information content (AvgIpc) is 2.48. The maximum Gasteiger partial charge on any atom is 0.187 e. The molecule has 20 heavy (non-hydrogen) atoms. The lowest BCUT2D eigenvalue weighted by Gasteiger charge is -2.24. The first-order chi connectivity index (χ1) is 9.50. The van der Waals surface area contributed by atoms with Gasteiger partial charge in [-0.25, -0.2) is 9.97 Å². The molecule has 0 aliphatic carbocycles. The van der Waals surface area contributed by atoms with Crippen LogP contribution in [0.5, 0.6) is 0 Å². The van der Waals surface area contributed by atoms with Crippen LogP contribution in [0.2, 0.25) is 0 Å². The smallest absolute Gasteiger partial charge is 0.187 e. The fourth-order valence-electron chi connectivity index (χ4n) is 2.13. The molecule has 2 heterocycles. The van der Waals surface area contributed by atoms with Crippen molar-refractivity contribution in [1.29, 1.82) is 0 Å².